The summed E-state index contributed by atoms with van der Waals surface area (Å²) in [5.74, 6) is 1.06. The Morgan fingerprint density at radius 3 is 2.91 bits per heavy atom. The van der Waals surface area contributed by atoms with Gasteiger partial charge < -0.3 is 15.5 Å². The van der Waals surface area contributed by atoms with Gasteiger partial charge in [-0.15, -0.1) is 0 Å². The van der Waals surface area contributed by atoms with Crippen molar-refractivity contribution in [2.75, 3.05) is 20.1 Å². The summed E-state index contributed by atoms with van der Waals surface area (Å²) in [6.07, 6.45) is 5.42. The molecule has 1 unspecified atom stereocenters. The molecule has 0 aromatic carbocycles. The van der Waals surface area contributed by atoms with E-state index >= 15 is 0 Å². The molecule has 1 aliphatic rings. The van der Waals surface area contributed by atoms with Crippen molar-refractivity contribution in [1.29, 1.82) is 0 Å². The number of likely N-dealkylation sites (tertiary alicyclic amines) is 1. The number of nitrogens with zero attached hydrogens (tertiary/aromatic N) is 3. The smallest absolute Gasteiger partial charge is 0.222 e. The zero-order chi connectivity index (χ0) is 16.5. The van der Waals surface area contributed by atoms with Crippen LogP contribution in [0.5, 0.6) is 0 Å². The minimum Gasteiger partial charge on any atom is -0.356 e. The first-order valence-electron chi connectivity index (χ1n) is 8.38. The van der Waals surface area contributed by atoms with E-state index in [9.17, 15) is 4.79 Å². The van der Waals surface area contributed by atoms with E-state index in [-0.39, 0.29) is 0 Å². The van der Waals surface area contributed by atoms with E-state index in [1.54, 1.807) is 13.2 Å². The lowest BCUT2D eigenvalue weighted by molar-refractivity contribution is -0.129. The largest absolute Gasteiger partial charge is 0.356 e. The summed E-state index contributed by atoms with van der Waals surface area (Å²) in [4.78, 5) is 22.4. The Balaban J connectivity index is 1.73. The predicted octanol–water partition coefficient (Wildman–Crippen LogP) is 1.54. The van der Waals surface area contributed by atoms with E-state index < -0.39 is 0 Å². The summed E-state index contributed by atoms with van der Waals surface area (Å²) >= 11 is 0. The number of carbonyl (C=O) groups is 1. The van der Waals surface area contributed by atoms with Gasteiger partial charge in [0, 0.05) is 38.8 Å². The molecule has 6 nitrogen and oxygen atoms in total. The number of amides is 1. The van der Waals surface area contributed by atoms with Crippen LogP contribution < -0.4 is 10.6 Å². The Morgan fingerprint density at radius 1 is 1.43 bits per heavy atom. The molecule has 0 radical (unpaired) electrons. The fraction of sp³-hybridized carbons (Fsp3) is 0.588. The van der Waals surface area contributed by atoms with Gasteiger partial charge in [-0.3, -0.25) is 14.8 Å². The maximum Gasteiger partial charge on any atom is 0.222 e. The van der Waals surface area contributed by atoms with Crippen molar-refractivity contribution < 1.29 is 4.79 Å². The number of hydrogen-bond acceptors (Lipinski definition) is 3. The van der Waals surface area contributed by atoms with Crippen LogP contribution in [-0.4, -0.2) is 47.9 Å². The number of hydrogen-bond donors (Lipinski definition) is 2. The van der Waals surface area contributed by atoms with Crippen molar-refractivity contribution >= 4 is 11.9 Å². The molecule has 2 heterocycles. The van der Waals surface area contributed by atoms with Crippen molar-refractivity contribution in [2.45, 2.75) is 45.2 Å². The lowest BCUT2D eigenvalue weighted by Crippen LogP contribution is -2.41. The third-order valence-electron chi connectivity index (χ3n) is 4.18. The summed E-state index contributed by atoms with van der Waals surface area (Å²) in [7, 11) is 1.76. The van der Waals surface area contributed by atoms with Gasteiger partial charge in [0.1, 0.15) is 0 Å². The highest BCUT2D eigenvalue weighted by atomic mass is 16.2. The molecule has 1 saturated heterocycles. The third kappa shape index (κ3) is 5.23. The minimum absolute atomic E-state index is 0.300. The van der Waals surface area contributed by atoms with Crippen molar-refractivity contribution in [3.8, 4) is 0 Å². The second-order valence-corrected chi connectivity index (χ2v) is 5.72. The summed E-state index contributed by atoms with van der Waals surface area (Å²) in [6.45, 7) is 4.49. The number of guanidine groups is 1. The summed E-state index contributed by atoms with van der Waals surface area (Å²) < 4.78 is 0. The summed E-state index contributed by atoms with van der Waals surface area (Å²) in [5, 5.41) is 6.57. The molecular formula is C17H27N5O. The van der Waals surface area contributed by atoms with Crippen LogP contribution in [0, 0.1) is 0 Å². The Hall–Kier alpha value is -2.11. The topological polar surface area (TPSA) is 69.6 Å². The van der Waals surface area contributed by atoms with Gasteiger partial charge in [0.15, 0.2) is 5.96 Å². The monoisotopic (exact) mass is 317 g/mol. The molecule has 2 N–H and O–H groups in total. The standard InChI is InChI=1S/C17H27N5O/c1-3-15(22-12-6-8-16(22)23)9-11-20-17(18-2)21-13-14-7-4-5-10-19-14/h4-5,7,10,15H,3,6,8-9,11-13H2,1-2H3,(H2,18,20,21). The van der Waals surface area contributed by atoms with E-state index in [1.165, 1.54) is 0 Å². The average molecular weight is 317 g/mol. The highest BCUT2D eigenvalue weighted by Crippen LogP contribution is 2.17. The van der Waals surface area contributed by atoms with Gasteiger partial charge in [0.25, 0.3) is 0 Å². The lowest BCUT2D eigenvalue weighted by atomic mass is 10.1. The van der Waals surface area contributed by atoms with Gasteiger partial charge in [0.2, 0.25) is 5.91 Å². The molecule has 1 aromatic rings. The highest BCUT2D eigenvalue weighted by Gasteiger charge is 2.26. The van der Waals surface area contributed by atoms with E-state index in [1.807, 2.05) is 23.1 Å². The Bertz CT molecular complexity index is 517. The van der Waals surface area contributed by atoms with Gasteiger partial charge in [-0.05, 0) is 31.4 Å². The maximum absolute atomic E-state index is 11.8. The Kier molecular flexibility index (Phi) is 6.84. The fourth-order valence-electron chi connectivity index (χ4n) is 2.89. The van der Waals surface area contributed by atoms with Crippen LogP contribution in [-0.2, 0) is 11.3 Å². The van der Waals surface area contributed by atoms with Crippen LogP contribution >= 0.6 is 0 Å². The first kappa shape index (κ1) is 17.2. The Morgan fingerprint density at radius 2 is 2.30 bits per heavy atom. The van der Waals surface area contributed by atoms with Gasteiger partial charge in [-0.25, -0.2) is 0 Å². The van der Waals surface area contributed by atoms with Crippen molar-refractivity contribution in [3.05, 3.63) is 30.1 Å². The molecule has 23 heavy (non-hydrogen) atoms. The molecule has 2 rings (SSSR count). The van der Waals surface area contributed by atoms with Crippen LogP contribution in [0.3, 0.4) is 0 Å². The quantitative estimate of drug-likeness (QED) is 0.591. The molecule has 0 spiro atoms. The van der Waals surface area contributed by atoms with Gasteiger partial charge in [-0.1, -0.05) is 13.0 Å². The van der Waals surface area contributed by atoms with E-state index in [0.717, 1.165) is 44.0 Å². The molecule has 1 aliphatic heterocycles. The number of carbonyl (C=O) groups excluding carboxylic acids is 1. The number of rotatable bonds is 7. The Labute approximate surface area is 138 Å². The van der Waals surface area contributed by atoms with Crippen molar-refractivity contribution in [1.82, 2.24) is 20.5 Å². The fourth-order valence-corrected chi connectivity index (χ4v) is 2.89. The van der Waals surface area contributed by atoms with Crippen molar-refractivity contribution in [3.63, 3.8) is 0 Å². The maximum atomic E-state index is 11.8. The van der Waals surface area contributed by atoms with E-state index in [0.29, 0.717) is 24.9 Å². The zero-order valence-corrected chi connectivity index (χ0v) is 14.1. The number of pyridine rings is 1. The number of nitrogens with one attached hydrogen (secondary N) is 2. The molecule has 1 fully saturated rings. The molecular weight excluding hydrogens is 290 g/mol. The summed E-state index contributed by atoms with van der Waals surface area (Å²) in [6, 6.07) is 6.18. The van der Waals surface area contributed by atoms with Gasteiger partial charge >= 0.3 is 0 Å². The van der Waals surface area contributed by atoms with Crippen LogP contribution in [0.15, 0.2) is 29.4 Å². The molecule has 1 aromatic heterocycles. The SMILES string of the molecule is CCC(CCNC(=NC)NCc1ccccn1)N1CCCC1=O. The highest BCUT2D eigenvalue weighted by molar-refractivity contribution is 5.79. The first-order valence-corrected chi connectivity index (χ1v) is 8.38. The molecule has 0 bridgehead atoms. The van der Waals surface area contributed by atoms with Crippen LogP contribution in [0.2, 0.25) is 0 Å². The zero-order valence-electron chi connectivity index (χ0n) is 14.1. The molecule has 0 aliphatic carbocycles. The number of aromatic nitrogens is 1. The normalized spacial score (nSPS) is 16.5. The second kappa shape index (κ2) is 9.12. The van der Waals surface area contributed by atoms with Crippen LogP contribution in [0.4, 0.5) is 0 Å². The molecule has 6 heteroatoms. The third-order valence-corrected chi connectivity index (χ3v) is 4.18. The molecule has 1 amide bonds. The second-order valence-electron chi connectivity index (χ2n) is 5.72. The van der Waals surface area contributed by atoms with Crippen LogP contribution in [0.25, 0.3) is 0 Å². The van der Waals surface area contributed by atoms with Gasteiger partial charge in [0.05, 0.1) is 12.2 Å². The first-order chi connectivity index (χ1) is 11.2. The average Bonchev–Trinajstić information content (AvgIpc) is 3.01. The minimum atomic E-state index is 0.300. The molecule has 0 saturated carbocycles. The molecule has 126 valence electrons. The predicted molar refractivity (Wildman–Crippen MR) is 92.1 cm³/mol. The van der Waals surface area contributed by atoms with E-state index in [2.05, 4.69) is 27.5 Å². The van der Waals surface area contributed by atoms with E-state index in [4.69, 9.17) is 0 Å². The number of aliphatic imine (C=N–C) groups is 1. The van der Waals surface area contributed by atoms with Gasteiger partial charge in [-0.2, -0.15) is 0 Å². The summed E-state index contributed by atoms with van der Waals surface area (Å²) in [5.41, 5.74) is 0.976. The van der Waals surface area contributed by atoms with Crippen molar-refractivity contribution in [2.24, 2.45) is 4.99 Å². The molecule has 1 atom stereocenters. The van der Waals surface area contributed by atoms with Crippen LogP contribution in [0.1, 0.15) is 38.3 Å². The lowest BCUT2D eigenvalue weighted by Gasteiger charge is -2.27.